The van der Waals surface area contributed by atoms with E-state index in [1.165, 1.54) is 55.4 Å². The zero-order chi connectivity index (χ0) is 30.6. The SMILES string of the molecule is CNS(=N)(=O)C1CC(NC(=O)[C@]2(C)[C@@H](c3ccc(N4C[C@@](C)(C(F)(F)F)c5c4cnc4cc(Cl)nn54)cc3)C2(F)F)C1. The van der Waals surface area contributed by atoms with Gasteiger partial charge in [-0.3, -0.25) is 4.79 Å². The van der Waals surface area contributed by atoms with E-state index in [0.717, 1.165) is 11.4 Å². The fourth-order valence-corrected chi connectivity index (χ4v) is 7.71. The number of carbonyl (C=O) groups is 1. The maximum absolute atomic E-state index is 15.1. The van der Waals surface area contributed by atoms with Gasteiger partial charge in [-0.15, -0.1) is 0 Å². The van der Waals surface area contributed by atoms with Crippen LogP contribution >= 0.6 is 11.6 Å². The number of carbonyl (C=O) groups excluding carboxylic acids is 1. The lowest BCUT2D eigenvalue weighted by atomic mass is 9.87. The molecule has 3 aromatic rings. The van der Waals surface area contributed by atoms with Gasteiger partial charge in [0.25, 0.3) is 5.92 Å². The van der Waals surface area contributed by atoms with Crippen LogP contribution in [0, 0.1) is 10.2 Å². The highest BCUT2D eigenvalue weighted by atomic mass is 35.5. The summed E-state index contributed by atoms with van der Waals surface area (Å²) in [6, 6.07) is 6.60. The lowest BCUT2D eigenvalue weighted by Gasteiger charge is -2.37. The minimum atomic E-state index is -4.65. The molecule has 3 aliphatic rings. The summed E-state index contributed by atoms with van der Waals surface area (Å²) >= 11 is 5.96. The van der Waals surface area contributed by atoms with Crippen molar-refractivity contribution in [3.05, 3.63) is 52.9 Å². The smallest absolute Gasteiger partial charge is 0.353 e. The minimum Gasteiger partial charge on any atom is -0.353 e. The van der Waals surface area contributed by atoms with E-state index in [9.17, 15) is 22.2 Å². The molecule has 2 aromatic heterocycles. The second-order valence-corrected chi connectivity index (χ2v) is 14.2. The van der Waals surface area contributed by atoms with Crippen molar-refractivity contribution in [3.8, 4) is 0 Å². The van der Waals surface area contributed by atoms with E-state index in [4.69, 9.17) is 16.4 Å². The van der Waals surface area contributed by atoms with Crippen molar-refractivity contribution >= 4 is 44.4 Å². The molecule has 6 rings (SSSR count). The lowest BCUT2D eigenvalue weighted by Crippen LogP contribution is -2.53. The summed E-state index contributed by atoms with van der Waals surface area (Å²) in [5.74, 6) is -5.64. The quantitative estimate of drug-likeness (QED) is 0.334. The molecule has 0 bridgehead atoms. The van der Waals surface area contributed by atoms with Gasteiger partial charge in [0.2, 0.25) is 5.91 Å². The highest BCUT2D eigenvalue weighted by molar-refractivity contribution is 7.91. The van der Waals surface area contributed by atoms with Crippen molar-refractivity contribution in [2.24, 2.45) is 5.41 Å². The predicted octanol–water partition coefficient (Wildman–Crippen LogP) is 4.92. The van der Waals surface area contributed by atoms with Crippen LogP contribution in [0.25, 0.3) is 5.65 Å². The fourth-order valence-electron chi connectivity index (χ4n) is 6.20. The van der Waals surface area contributed by atoms with Gasteiger partial charge in [0, 0.05) is 24.3 Å². The second-order valence-electron chi connectivity index (χ2n) is 11.6. The molecule has 2 aliphatic carbocycles. The van der Waals surface area contributed by atoms with E-state index >= 15 is 8.78 Å². The van der Waals surface area contributed by atoms with Crippen molar-refractivity contribution in [1.29, 1.82) is 4.78 Å². The molecule has 0 spiro atoms. The third kappa shape index (κ3) is 3.95. The largest absolute Gasteiger partial charge is 0.401 e. The van der Waals surface area contributed by atoms with Crippen LogP contribution in [-0.4, -0.2) is 61.7 Å². The van der Waals surface area contributed by atoms with Crippen LogP contribution < -0.4 is 14.9 Å². The Morgan fingerprint density at radius 3 is 2.43 bits per heavy atom. The summed E-state index contributed by atoms with van der Waals surface area (Å²) in [6.45, 7) is 1.75. The van der Waals surface area contributed by atoms with Crippen LogP contribution in [0.4, 0.5) is 33.3 Å². The molecular weight excluding hydrogens is 605 g/mol. The third-order valence-corrected chi connectivity index (χ3v) is 11.2. The van der Waals surface area contributed by atoms with Gasteiger partial charge in [-0.25, -0.2) is 32.0 Å². The van der Waals surface area contributed by atoms with E-state index in [1.54, 1.807) is 0 Å². The van der Waals surface area contributed by atoms with E-state index in [-0.39, 0.29) is 40.6 Å². The zero-order valence-corrected chi connectivity index (χ0v) is 24.2. The molecular formula is C26H27ClF5N7O2S. The maximum atomic E-state index is 15.1. The number of rotatable bonds is 6. The van der Waals surface area contributed by atoms with Gasteiger partial charge in [-0.2, -0.15) is 18.3 Å². The third-order valence-electron chi connectivity index (χ3n) is 9.11. The summed E-state index contributed by atoms with van der Waals surface area (Å²) in [6.07, 6.45) is -2.85. The Morgan fingerprint density at radius 2 is 1.83 bits per heavy atom. The number of fused-ring (bicyclic) bond motifs is 3. The molecule has 16 heteroatoms. The highest BCUT2D eigenvalue weighted by Gasteiger charge is 2.82. The molecule has 1 unspecified atom stereocenters. The number of nitrogens with one attached hydrogen (secondary N) is 3. The number of hydrogen-bond acceptors (Lipinski definition) is 6. The predicted molar refractivity (Wildman–Crippen MR) is 146 cm³/mol. The fraction of sp³-hybridized carbons (Fsp3) is 0.500. The monoisotopic (exact) mass is 631 g/mol. The van der Waals surface area contributed by atoms with Gasteiger partial charge >= 0.3 is 6.18 Å². The molecule has 226 valence electrons. The van der Waals surface area contributed by atoms with E-state index in [0.29, 0.717) is 5.69 Å². The number of aromatic nitrogens is 3. The van der Waals surface area contributed by atoms with Crippen LogP contribution in [0.3, 0.4) is 0 Å². The Balaban J connectivity index is 1.25. The molecule has 0 radical (unpaired) electrons. The van der Waals surface area contributed by atoms with Gasteiger partial charge in [-0.05, 0) is 51.4 Å². The summed E-state index contributed by atoms with van der Waals surface area (Å²) in [7, 11) is -1.60. The molecule has 9 nitrogen and oxygen atoms in total. The topological polar surface area (TPSA) is 115 Å². The average Bonchev–Trinajstić information content (AvgIpc) is 3.17. The molecule has 42 heavy (non-hydrogen) atoms. The van der Waals surface area contributed by atoms with Gasteiger partial charge in [-0.1, -0.05) is 23.7 Å². The minimum absolute atomic E-state index is 0.00761. The molecule has 3 heterocycles. The summed E-state index contributed by atoms with van der Waals surface area (Å²) in [5, 5.41) is 6.14. The first-order chi connectivity index (χ1) is 19.5. The normalized spacial score (nSPS) is 31.4. The molecule has 4 atom stereocenters. The zero-order valence-electron chi connectivity index (χ0n) is 22.6. The number of anilines is 2. The van der Waals surface area contributed by atoms with Gasteiger partial charge < -0.3 is 10.2 Å². The lowest BCUT2D eigenvalue weighted by molar-refractivity contribution is -0.181. The number of benzene rings is 1. The molecule has 2 saturated carbocycles. The standard InChI is InChI=1S/C26H27ClF5N7O2S/c1-23(26(30,31)32)12-38(17-11-35-19-10-18(27)37-39(19)21(17)23)15-6-4-13(5-7-15)20-24(2,25(20,28)29)22(40)36-14-8-16(9-14)42(33,41)34-3/h4-7,10-11,14,16,20H,8-9,12H2,1-3H3,(H,36,40)(H2,33,34,41)/t14?,16?,20-,23-,24+,42?/m1/s1. The number of nitrogens with zero attached hydrogens (tertiary/aromatic N) is 4. The van der Waals surface area contributed by atoms with Crippen molar-refractivity contribution < 1.29 is 31.0 Å². The van der Waals surface area contributed by atoms with Crippen molar-refractivity contribution in [2.75, 3.05) is 18.5 Å². The Morgan fingerprint density at radius 1 is 1.19 bits per heavy atom. The van der Waals surface area contributed by atoms with E-state index in [2.05, 4.69) is 20.1 Å². The summed E-state index contributed by atoms with van der Waals surface area (Å²) < 4.78 is 96.9. The maximum Gasteiger partial charge on any atom is 0.401 e. The van der Waals surface area contributed by atoms with Crippen molar-refractivity contribution in [1.82, 2.24) is 24.6 Å². The Hall–Kier alpha value is -3.04. The molecule has 1 aliphatic heterocycles. The number of alkyl halides is 5. The molecule has 0 saturated heterocycles. The van der Waals surface area contributed by atoms with E-state index < -0.39 is 62.5 Å². The average molecular weight is 632 g/mol. The van der Waals surface area contributed by atoms with Gasteiger partial charge in [0.1, 0.15) is 20.7 Å². The Labute approximate surface area is 242 Å². The molecule has 1 amide bonds. The first-order valence-electron chi connectivity index (χ1n) is 13.1. The van der Waals surface area contributed by atoms with Crippen LogP contribution in [0.2, 0.25) is 5.15 Å². The summed E-state index contributed by atoms with van der Waals surface area (Å²) in [5.41, 5.74) is -3.69. The van der Waals surface area contributed by atoms with Crippen LogP contribution in [0.1, 0.15) is 43.9 Å². The van der Waals surface area contributed by atoms with Crippen LogP contribution in [-0.2, 0) is 20.1 Å². The van der Waals surface area contributed by atoms with Crippen LogP contribution in [0.15, 0.2) is 36.5 Å². The highest BCUT2D eigenvalue weighted by Crippen LogP contribution is 2.71. The summed E-state index contributed by atoms with van der Waals surface area (Å²) in [4.78, 5) is 18.6. The molecule has 3 N–H and O–H groups in total. The molecule has 1 aromatic carbocycles. The molecule has 2 fully saturated rings. The number of halogens is 6. The van der Waals surface area contributed by atoms with Gasteiger partial charge in [0.05, 0.1) is 28.7 Å². The first kappa shape index (κ1) is 29.1. The number of hydrogen-bond donors (Lipinski definition) is 3. The van der Waals surface area contributed by atoms with Crippen molar-refractivity contribution in [2.45, 2.75) is 61.4 Å². The Kier molecular flexibility index (Phi) is 6.22. The number of amides is 1. The first-order valence-corrected chi connectivity index (χ1v) is 15.1. The Bertz CT molecular complexity index is 1710. The van der Waals surface area contributed by atoms with E-state index in [1.807, 2.05) is 0 Å². The second kappa shape index (κ2) is 8.99. The van der Waals surface area contributed by atoms with Gasteiger partial charge in [0.15, 0.2) is 10.8 Å². The van der Waals surface area contributed by atoms with Crippen LogP contribution in [0.5, 0.6) is 0 Å². The van der Waals surface area contributed by atoms with Crippen molar-refractivity contribution in [3.63, 3.8) is 0 Å².